The van der Waals surface area contributed by atoms with Crippen LogP contribution in [0.1, 0.15) is 51.8 Å². The molecule has 1 atom stereocenters. The number of rotatable bonds is 6. The number of amides is 3. The van der Waals surface area contributed by atoms with E-state index < -0.39 is 23.6 Å². The van der Waals surface area contributed by atoms with Gasteiger partial charge < -0.3 is 20.3 Å². The van der Waals surface area contributed by atoms with Gasteiger partial charge in [0.25, 0.3) is 0 Å². The molecule has 1 aromatic carbocycles. The maximum atomic E-state index is 12.7. The van der Waals surface area contributed by atoms with E-state index in [9.17, 15) is 14.4 Å². The Kier molecular flexibility index (Phi) is 7.82. The average Bonchev–Trinajstić information content (AvgIpc) is 2.52. The van der Waals surface area contributed by atoms with Crippen molar-refractivity contribution in [2.24, 2.45) is 0 Å². The second kappa shape index (κ2) is 9.39. The summed E-state index contributed by atoms with van der Waals surface area (Å²) in [6.45, 7) is 10.6. The van der Waals surface area contributed by atoms with E-state index in [1.165, 1.54) is 4.90 Å². The number of carbonyl (C=O) groups is 3. The molecule has 1 unspecified atom stereocenters. The number of aryl methyl sites for hydroxylation is 1. The Balaban J connectivity index is 2.90. The largest absolute Gasteiger partial charge is 0.444 e. The zero-order chi connectivity index (χ0) is 20.8. The Hall–Kier alpha value is -2.57. The third-order valence-corrected chi connectivity index (χ3v) is 3.64. The number of likely N-dealkylation sites (N-methyl/N-ethyl adjacent to an activating group) is 1. The molecule has 2 N–H and O–H groups in total. The molecule has 0 radical (unpaired) electrons. The number of hydrogen-bond acceptors (Lipinski definition) is 4. The lowest BCUT2D eigenvalue weighted by Gasteiger charge is -2.29. The highest BCUT2D eigenvalue weighted by molar-refractivity contribution is 5.90. The molecule has 0 saturated heterocycles. The van der Waals surface area contributed by atoms with Gasteiger partial charge in [0.1, 0.15) is 18.2 Å². The molecule has 150 valence electrons. The summed E-state index contributed by atoms with van der Waals surface area (Å²) >= 11 is 0. The van der Waals surface area contributed by atoms with E-state index in [0.717, 1.165) is 5.56 Å². The number of alkyl carbamates (subject to hydrolysis) is 1. The maximum Gasteiger partial charge on any atom is 0.408 e. The van der Waals surface area contributed by atoms with Crippen molar-refractivity contribution in [3.63, 3.8) is 0 Å². The van der Waals surface area contributed by atoms with Crippen LogP contribution in [-0.2, 0) is 14.3 Å². The number of carbonyl (C=O) groups excluding carboxylic acids is 3. The van der Waals surface area contributed by atoms with Crippen LogP contribution < -0.4 is 10.6 Å². The quantitative estimate of drug-likeness (QED) is 0.797. The van der Waals surface area contributed by atoms with Gasteiger partial charge in [-0.25, -0.2) is 4.79 Å². The van der Waals surface area contributed by atoms with Crippen molar-refractivity contribution in [2.75, 3.05) is 13.6 Å². The Morgan fingerprint density at radius 3 is 2.15 bits per heavy atom. The van der Waals surface area contributed by atoms with E-state index in [1.54, 1.807) is 27.8 Å². The molecule has 0 aliphatic rings. The minimum Gasteiger partial charge on any atom is -0.444 e. The Morgan fingerprint density at radius 2 is 1.67 bits per heavy atom. The molecular weight excluding hydrogens is 346 g/mol. The van der Waals surface area contributed by atoms with Crippen LogP contribution in [0.4, 0.5) is 4.79 Å². The SMILES string of the molecule is Cc1ccc(C(C(=O)NC(C)C)N(C)C(=O)CNC(=O)OC(C)(C)C)cc1. The topological polar surface area (TPSA) is 87.7 Å². The van der Waals surface area contributed by atoms with Gasteiger partial charge in [0.2, 0.25) is 11.8 Å². The number of nitrogens with one attached hydrogen (secondary N) is 2. The van der Waals surface area contributed by atoms with Crippen LogP contribution in [-0.4, -0.2) is 48.0 Å². The zero-order valence-corrected chi connectivity index (χ0v) is 17.3. The molecule has 1 aromatic rings. The minimum atomic E-state index is -0.791. The molecular formula is C20H31N3O4. The lowest BCUT2D eigenvalue weighted by Crippen LogP contribution is -2.47. The third-order valence-electron chi connectivity index (χ3n) is 3.64. The molecule has 1 rings (SSSR count). The fourth-order valence-corrected chi connectivity index (χ4v) is 2.39. The summed E-state index contributed by atoms with van der Waals surface area (Å²) in [5, 5.41) is 5.27. The number of nitrogens with zero attached hydrogens (tertiary/aromatic N) is 1. The van der Waals surface area contributed by atoms with Gasteiger partial charge in [-0.3, -0.25) is 9.59 Å². The highest BCUT2D eigenvalue weighted by Crippen LogP contribution is 2.21. The van der Waals surface area contributed by atoms with Crippen molar-refractivity contribution >= 4 is 17.9 Å². The summed E-state index contributed by atoms with van der Waals surface area (Å²) < 4.78 is 5.13. The van der Waals surface area contributed by atoms with Gasteiger partial charge in [-0.05, 0) is 47.1 Å². The molecule has 0 aliphatic heterocycles. The van der Waals surface area contributed by atoms with Gasteiger partial charge in [-0.15, -0.1) is 0 Å². The average molecular weight is 377 g/mol. The smallest absolute Gasteiger partial charge is 0.408 e. The predicted octanol–water partition coefficient (Wildman–Crippen LogP) is 2.54. The number of hydrogen-bond donors (Lipinski definition) is 2. The first-order valence-corrected chi connectivity index (χ1v) is 9.00. The molecule has 7 nitrogen and oxygen atoms in total. The molecule has 0 spiro atoms. The Morgan fingerprint density at radius 1 is 1.11 bits per heavy atom. The molecule has 7 heteroatoms. The van der Waals surface area contributed by atoms with Gasteiger partial charge in [0.05, 0.1) is 0 Å². The van der Waals surface area contributed by atoms with Gasteiger partial charge in [-0.2, -0.15) is 0 Å². The molecule has 0 bridgehead atoms. The highest BCUT2D eigenvalue weighted by Gasteiger charge is 2.29. The van der Waals surface area contributed by atoms with E-state index in [2.05, 4.69) is 10.6 Å². The summed E-state index contributed by atoms with van der Waals surface area (Å²) in [6.07, 6.45) is -0.678. The predicted molar refractivity (Wildman–Crippen MR) is 104 cm³/mol. The Bertz CT molecular complexity index is 663. The third kappa shape index (κ3) is 7.68. The van der Waals surface area contributed by atoms with E-state index in [4.69, 9.17) is 4.74 Å². The first-order chi connectivity index (χ1) is 12.4. The lowest BCUT2D eigenvalue weighted by atomic mass is 10.0. The van der Waals surface area contributed by atoms with Crippen LogP contribution in [0.2, 0.25) is 0 Å². The number of ether oxygens (including phenoxy) is 1. The van der Waals surface area contributed by atoms with Gasteiger partial charge in [-0.1, -0.05) is 29.8 Å². The van der Waals surface area contributed by atoms with Crippen LogP contribution in [0.25, 0.3) is 0 Å². The van der Waals surface area contributed by atoms with Gasteiger partial charge in [0, 0.05) is 13.1 Å². The molecule has 0 heterocycles. The first kappa shape index (κ1) is 22.5. The van der Waals surface area contributed by atoms with E-state index in [1.807, 2.05) is 45.0 Å². The first-order valence-electron chi connectivity index (χ1n) is 9.00. The summed E-state index contributed by atoms with van der Waals surface area (Å²) in [5.74, 6) is -0.674. The molecule has 0 aromatic heterocycles. The van der Waals surface area contributed by atoms with E-state index >= 15 is 0 Å². The lowest BCUT2D eigenvalue weighted by molar-refractivity contribution is -0.138. The fraction of sp³-hybridized carbons (Fsp3) is 0.550. The maximum absolute atomic E-state index is 12.7. The zero-order valence-electron chi connectivity index (χ0n) is 17.3. The minimum absolute atomic E-state index is 0.0613. The van der Waals surface area contributed by atoms with Gasteiger partial charge in [0.15, 0.2) is 0 Å². The van der Waals surface area contributed by atoms with Crippen molar-refractivity contribution in [1.82, 2.24) is 15.5 Å². The van der Waals surface area contributed by atoms with Crippen molar-refractivity contribution in [1.29, 1.82) is 0 Å². The fourth-order valence-electron chi connectivity index (χ4n) is 2.39. The molecule has 0 saturated carbocycles. The van der Waals surface area contributed by atoms with Crippen LogP contribution in [0.15, 0.2) is 24.3 Å². The van der Waals surface area contributed by atoms with Crippen molar-refractivity contribution < 1.29 is 19.1 Å². The van der Waals surface area contributed by atoms with Crippen LogP contribution in [0, 0.1) is 6.92 Å². The summed E-state index contributed by atoms with van der Waals surface area (Å²) in [7, 11) is 1.55. The standard InChI is InChI=1S/C20H31N3O4/c1-13(2)22-18(25)17(15-10-8-14(3)9-11-15)23(7)16(24)12-21-19(26)27-20(4,5)6/h8-11,13,17H,12H2,1-7H3,(H,21,26)(H,22,25). The monoisotopic (exact) mass is 377 g/mol. The second-order valence-corrected chi connectivity index (χ2v) is 7.84. The molecule has 0 fully saturated rings. The molecule has 0 aliphatic carbocycles. The molecule has 3 amide bonds. The van der Waals surface area contributed by atoms with Gasteiger partial charge >= 0.3 is 6.09 Å². The van der Waals surface area contributed by atoms with Crippen LogP contribution in [0.5, 0.6) is 0 Å². The Labute approximate surface area is 161 Å². The summed E-state index contributed by atoms with van der Waals surface area (Å²) in [6, 6.07) is 6.58. The summed E-state index contributed by atoms with van der Waals surface area (Å²) in [4.78, 5) is 38.3. The van der Waals surface area contributed by atoms with Crippen LogP contribution >= 0.6 is 0 Å². The second-order valence-electron chi connectivity index (χ2n) is 7.84. The van der Waals surface area contributed by atoms with Crippen molar-refractivity contribution in [3.05, 3.63) is 35.4 Å². The van der Waals surface area contributed by atoms with Crippen molar-refractivity contribution in [3.8, 4) is 0 Å². The van der Waals surface area contributed by atoms with Crippen molar-refractivity contribution in [2.45, 2.75) is 59.2 Å². The van der Waals surface area contributed by atoms with Crippen LogP contribution in [0.3, 0.4) is 0 Å². The van der Waals surface area contributed by atoms with E-state index in [0.29, 0.717) is 5.56 Å². The van der Waals surface area contributed by atoms with E-state index in [-0.39, 0.29) is 18.5 Å². The summed E-state index contributed by atoms with van der Waals surface area (Å²) in [5.41, 5.74) is 1.11. The normalized spacial score (nSPS) is 12.3. The molecule has 27 heavy (non-hydrogen) atoms. The number of benzene rings is 1. The highest BCUT2D eigenvalue weighted by atomic mass is 16.6.